The number of aromatic nitrogens is 3. The van der Waals surface area contributed by atoms with Crippen molar-refractivity contribution in [2.24, 2.45) is 0 Å². The zero-order valence-electron chi connectivity index (χ0n) is 14.1. The molecule has 1 aromatic carbocycles. The van der Waals surface area contributed by atoms with E-state index < -0.39 is 11.7 Å². The molecule has 6 nitrogen and oxygen atoms in total. The number of pyridine rings is 1. The van der Waals surface area contributed by atoms with Crippen LogP contribution in [0.25, 0.3) is 22.6 Å². The Morgan fingerprint density at radius 2 is 1.93 bits per heavy atom. The molecule has 0 aliphatic carbocycles. The lowest BCUT2D eigenvalue weighted by atomic mass is 10.1. The van der Waals surface area contributed by atoms with Crippen LogP contribution in [0, 0.1) is 12.7 Å². The fourth-order valence-corrected chi connectivity index (χ4v) is 3.23. The van der Waals surface area contributed by atoms with Gasteiger partial charge in [0.25, 0.3) is 5.91 Å². The molecule has 1 amide bonds. The van der Waals surface area contributed by atoms with Gasteiger partial charge in [0.2, 0.25) is 5.76 Å². The van der Waals surface area contributed by atoms with E-state index in [1.54, 1.807) is 36.7 Å². The summed E-state index contributed by atoms with van der Waals surface area (Å²) in [5.74, 6) is -0.818. The monoisotopic (exact) mass is 380 g/mol. The van der Waals surface area contributed by atoms with Crippen LogP contribution in [0.4, 0.5) is 9.52 Å². The molecule has 0 aliphatic heterocycles. The Hall–Kier alpha value is -3.39. The van der Waals surface area contributed by atoms with Crippen LogP contribution in [-0.2, 0) is 0 Å². The summed E-state index contributed by atoms with van der Waals surface area (Å²) in [4.78, 5) is 25.4. The van der Waals surface area contributed by atoms with Gasteiger partial charge < -0.3 is 4.42 Å². The zero-order chi connectivity index (χ0) is 18.8. The van der Waals surface area contributed by atoms with Crippen LogP contribution >= 0.6 is 11.3 Å². The molecule has 1 N–H and O–H groups in total. The van der Waals surface area contributed by atoms with E-state index in [1.807, 2.05) is 18.2 Å². The van der Waals surface area contributed by atoms with E-state index in [0.29, 0.717) is 16.5 Å². The van der Waals surface area contributed by atoms with Crippen molar-refractivity contribution in [2.45, 2.75) is 6.92 Å². The van der Waals surface area contributed by atoms with Gasteiger partial charge in [0.15, 0.2) is 11.0 Å². The number of rotatable bonds is 4. The maximum absolute atomic E-state index is 14.1. The highest BCUT2D eigenvalue weighted by molar-refractivity contribution is 7.14. The molecule has 0 radical (unpaired) electrons. The summed E-state index contributed by atoms with van der Waals surface area (Å²) in [6.07, 6.45) is 1.67. The van der Waals surface area contributed by atoms with E-state index in [-0.39, 0.29) is 22.9 Å². The molecule has 0 saturated carbocycles. The van der Waals surface area contributed by atoms with Gasteiger partial charge >= 0.3 is 0 Å². The number of thiazole rings is 1. The first kappa shape index (κ1) is 17.0. The minimum atomic E-state index is -0.546. The molecular weight excluding hydrogens is 367 g/mol. The molecule has 27 heavy (non-hydrogen) atoms. The summed E-state index contributed by atoms with van der Waals surface area (Å²) in [6.45, 7) is 1.60. The minimum absolute atomic E-state index is 0.0628. The van der Waals surface area contributed by atoms with Gasteiger partial charge in [0.1, 0.15) is 17.2 Å². The number of carbonyl (C=O) groups is 1. The minimum Gasteiger partial charge on any atom is -0.435 e. The van der Waals surface area contributed by atoms with Crippen LogP contribution in [-0.4, -0.2) is 20.9 Å². The normalized spacial score (nSPS) is 10.7. The lowest BCUT2D eigenvalue weighted by molar-refractivity contribution is 0.0996. The van der Waals surface area contributed by atoms with E-state index in [1.165, 1.54) is 17.4 Å². The second kappa shape index (κ2) is 7.08. The topological polar surface area (TPSA) is 80.9 Å². The molecule has 4 rings (SSSR count). The summed E-state index contributed by atoms with van der Waals surface area (Å²) in [5.41, 5.74) is 1.72. The first-order chi connectivity index (χ1) is 13.1. The lowest BCUT2D eigenvalue weighted by Crippen LogP contribution is -2.12. The Morgan fingerprint density at radius 1 is 1.11 bits per heavy atom. The molecule has 0 bridgehead atoms. The molecule has 0 fully saturated rings. The van der Waals surface area contributed by atoms with Gasteiger partial charge in [-0.3, -0.25) is 15.1 Å². The number of oxazole rings is 1. The third-order valence-corrected chi connectivity index (χ3v) is 4.48. The van der Waals surface area contributed by atoms with Gasteiger partial charge in [-0.05, 0) is 24.3 Å². The van der Waals surface area contributed by atoms with E-state index in [2.05, 4.69) is 20.3 Å². The van der Waals surface area contributed by atoms with Crippen LogP contribution in [0.5, 0.6) is 0 Å². The Labute approximate surface area is 157 Å². The average molecular weight is 380 g/mol. The number of nitrogens with zero attached hydrogens (tertiary/aromatic N) is 3. The molecule has 0 saturated heterocycles. The Bertz CT molecular complexity index is 1110. The highest BCUT2D eigenvalue weighted by atomic mass is 32.1. The van der Waals surface area contributed by atoms with Gasteiger partial charge in [-0.15, -0.1) is 11.3 Å². The zero-order valence-corrected chi connectivity index (χ0v) is 15.0. The van der Waals surface area contributed by atoms with Crippen molar-refractivity contribution in [3.8, 4) is 22.6 Å². The summed E-state index contributed by atoms with van der Waals surface area (Å²) >= 11 is 1.26. The summed E-state index contributed by atoms with van der Waals surface area (Å²) in [6, 6.07) is 11.6. The number of nitrogens with one attached hydrogen (secondary N) is 1. The molecule has 3 aromatic heterocycles. The van der Waals surface area contributed by atoms with E-state index in [0.717, 1.165) is 0 Å². The fourth-order valence-electron chi connectivity index (χ4n) is 2.53. The third kappa shape index (κ3) is 3.47. The van der Waals surface area contributed by atoms with Crippen LogP contribution in [0.2, 0.25) is 0 Å². The van der Waals surface area contributed by atoms with Gasteiger partial charge in [-0.1, -0.05) is 18.2 Å². The van der Waals surface area contributed by atoms with Crippen LogP contribution in [0.15, 0.2) is 58.5 Å². The highest BCUT2D eigenvalue weighted by Gasteiger charge is 2.23. The number of benzene rings is 1. The van der Waals surface area contributed by atoms with Crippen molar-refractivity contribution in [3.63, 3.8) is 0 Å². The number of anilines is 1. The predicted molar refractivity (Wildman–Crippen MR) is 99.9 cm³/mol. The second-order valence-electron chi connectivity index (χ2n) is 5.60. The van der Waals surface area contributed by atoms with Crippen molar-refractivity contribution in [1.82, 2.24) is 15.0 Å². The van der Waals surface area contributed by atoms with Crippen molar-refractivity contribution in [3.05, 3.63) is 71.5 Å². The van der Waals surface area contributed by atoms with Gasteiger partial charge in [0.05, 0.1) is 5.69 Å². The van der Waals surface area contributed by atoms with Crippen molar-refractivity contribution in [1.29, 1.82) is 0 Å². The number of aryl methyl sites for hydroxylation is 1. The van der Waals surface area contributed by atoms with Crippen molar-refractivity contribution >= 4 is 22.4 Å². The number of carbonyl (C=O) groups excluding carboxylic acids is 1. The second-order valence-corrected chi connectivity index (χ2v) is 6.46. The molecular formula is C19H13FN4O2S. The lowest BCUT2D eigenvalue weighted by Gasteiger charge is -2.02. The standard InChI is InChI=1S/C19H13FN4O2S/c1-11-22-16(12-6-2-3-7-13(12)20)17(26-11)18(25)24-19-23-15(10-27-19)14-8-4-5-9-21-14/h2-10H,1H3,(H,23,24,25). The van der Waals surface area contributed by atoms with E-state index in [9.17, 15) is 9.18 Å². The molecule has 4 aromatic rings. The van der Waals surface area contributed by atoms with Crippen LogP contribution in [0.1, 0.15) is 16.4 Å². The first-order valence-corrected chi connectivity index (χ1v) is 8.90. The van der Waals surface area contributed by atoms with E-state index in [4.69, 9.17) is 4.42 Å². The largest absolute Gasteiger partial charge is 0.435 e. The van der Waals surface area contributed by atoms with Gasteiger partial charge in [-0.2, -0.15) is 0 Å². The van der Waals surface area contributed by atoms with Gasteiger partial charge in [0, 0.05) is 24.1 Å². The van der Waals surface area contributed by atoms with E-state index >= 15 is 0 Å². The number of hydrogen-bond acceptors (Lipinski definition) is 6. The average Bonchev–Trinajstić information content (AvgIpc) is 3.29. The summed E-state index contributed by atoms with van der Waals surface area (Å²) in [7, 11) is 0. The Morgan fingerprint density at radius 3 is 2.70 bits per heavy atom. The molecule has 0 atom stereocenters. The Balaban J connectivity index is 1.62. The molecule has 3 heterocycles. The number of hydrogen-bond donors (Lipinski definition) is 1. The SMILES string of the molecule is Cc1nc(-c2ccccc2F)c(C(=O)Nc2nc(-c3ccccn3)cs2)o1. The summed E-state index contributed by atoms with van der Waals surface area (Å²) in [5, 5.41) is 4.85. The van der Waals surface area contributed by atoms with Crippen LogP contribution in [0.3, 0.4) is 0 Å². The number of halogens is 1. The quantitative estimate of drug-likeness (QED) is 0.561. The highest BCUT2D eigenvalue weighted by Crippen LogP contribution is 2.28. The molecule has 0 unspecified atom stereocenters. The summed E-state index contributed by atoms with van der Waals surface area (Å²) < 4.78 is 19.5. The number of amides is 1. The van der Waals surface area contributed by atoms with Crippen LogP contribution < -0.4 is 5.32 Å². The molecule has 8 heteroatoms. The maximum Gasteiger partial charge on any atom is 0.295 e. The maximum atomic E-state index is 14.1. The third-order valence-electron chi connectivity index (χ3n) is 3.72. The predicted octanol–water partition coefficient (Wildman–Crippen LogP) is 4.56. The van der Waals surface area contributed by atoms with Crippen molar-refractivity contribution < 1.29 is 13.6 Å². The van der Waals surface area contributed by atoms with Crippen molar-refractivity contribution in [2.75, 3.05) is 5.32 Å². The Kier molecular flexibility index (Phi) is 4.47. The smallest absolute Gasteiger partial charge is 0.295 e. The fraction of sp³-hybridized carbons (Fsp3) is 0.0526. The molecule has 0 spiro atoms. The van der Waals surface area contributed by atoms with Gasteiger partial charge in [-0.25, -0.2) is 14.4 Å². The molecule has 134 valence electrons. The first-order valence-electron chi connectivity index (χ1n) is 8.02. The molecule has 0 aliphatic rings.